The van der Waals surface area contributed by atoms with Gasteiger partial charge in [0, 0.05) is 19.2 Å². The molecule has 110 valence electrons. The van der Waals surface area contributed by atoms with Crippen molar-refractivity contribution in [3.8, 4) is 5.88 Å². The van der Waals surface area contributed by atoms with Gasteiger partial charge in [-0.05, 0) is 44.2 Å². The molecule has 20 heavy (non-hydrogen) atoms. The Hall–Kier alpha value is -1.98. The van der Waals surface area contributed by atoms with E-state index in [-0.39, 0.29) is 17.4 Å². The summed E-state index contributed by atoms with van der Waals surface area (Å²) in [7, 11) is 0. The highest BCUT2D eigenvalue weighted by Gasteiger charge is 2.43. The summed E-state index contributed by atoms with van der Waals surface area (Å²) >= 11 is 0. The molecule has 6 nitrogen and oxygen atoms in total. The van der Waals surface area contributed by atoms with E-state index in [1.807, 2.05) is 26.0 Å². The number of ether oxygens (including phenoxy) is 1. The maximum Gasteiger partial charge on any atom is 0.237 e. The second-order valence-corrected chi connectivity index (χ2v) is 5.64. The Bertz CT molecular complexity index is 484. The summed E-state index contributed by atoms with van der Waals surface area (Å²) < 4.78 is 5.67. The monoisotopic (exact) mass is 278 g/mol. The van der Waals surface area contributed by atoms with Crippen molar-refractivity contribution < 1.29 is 9.94 Å². The number of anilines is 1. The number of hydrogen-bond donors (Lipinski definition) is 3. The van der Waals surface area contributed by atoms with Gasteiger partial charge in [0.15, 0.2) is 0 Å². The van der Waals surface area contributed by atoms with Gasteiger partial charge in [-0.15, -0.1) is 0 Å². The van der Waals surface area contributed by atoms with Crippen molar-refractivity contribution in [2.45, 2.75) is 39.2 Å². The van der Waals surface area contributed by atoms with Crippen LogP contribution in [0, 0.1) is 5.41 Å². The third-order valence-electron chi connectivity index (χ3n) is 3.41. The van der Waals surface area contributed by atoms with Crippen molar-refractivity contribution in [1.29, 1.82) is 0 Å². The van der Waals surface area contributed by atoms with Crippen LogP contribution >= 0.6 is 0 Å². The van der Waals surface area contributed by atoms with E-state index in [0.717, 1.165) is 25.1 Å². The predicted octanol–water partition coefficient (Wildman–Crippen LogP) is 2.20. The number of aromatic nitrogens is 1. The van der Waals surface area contributed by atoms with E-state index >= 15 is 0 Å². The zero-order valence-electron chi connectivity index (χ0n) is 12.0. The summed E-state index contributed by atoms with van der Waals surface area (Å²) in [5, 5.41) is 15.1. The van der Waals surface area contributed by atoms with Gasteiger partial charge in [-0.2, -0.15) is 0 Å². The van der Waals surface area contributed by atoms with Crippen LogP contribution in [0.25, 0.3) is 0 Å². The third-order valence-corrected chi connectivity index (χ3v) is 3.41. The Morgan fingerprint density at radius 2 is 2.35 bits per heavy atom. The highest BCUT2D eigenvalue weighted by atomic mass is 16.5. The number of rotatable bonds is 7. The van der Waals surface area contributed by atoms with Crippen molar-refractivity contribution in [3.05, 3.63) is 18.3 Å². The lowest BCUT2D eigenvalue weighted by Crippen LogP contribution is -2.24. The lowest BCUT2D eigenvalue weighted by Gasteiger charge is -2.18. The molecular weight excluding hydrogens is 256 g/mol. The minimum Gasteiger partial charge on any atom is -0.473 e. The first kappa shape index (κ1) is 14.4. The Morgan fingerprint density at radius 1 is 1.60 bits per heavy atom. The summed E-state index contributed by atoms with van der Waals surface area (Å²) in [6.07, 6.45) is 4.56. The van der Waals surface area contributed by atoms with Crippen LogP contribution < -0.4 is 15.8 Å². The van der Waals surface area contributed by atoms with Crippen LogP contribution in [0.5, 0.6) is 5.88 Å². The molecule has 0 saturated heterocycles. The minimum atomic E-state index is 0.0810. The molecule has 0 aliphatic heterocycles. The van der Waals surface area contributed by atoms with Gasteiger partial charge in [0.05, 0.1) is 11.8 Å². The second-order valence-electron chi connectivity index (χ2n) is 5.64. The molecule has 0 unspecified atom stereocenters. The molecule has 1 saturated carbocycles. The molecule has 1 heterocycles. The van der Waals surface area contributed by atoms with Gasteiger partial charge < -0.3 is 21.0 Å². The average Bonchev–Trinajstić information content (AvgIpc) is 3.17. The van der Waals surface area contributed by atoms with Crippen LogP contribution in [0.3, 0.4) is 0 Å². The first-order valence-corrected chi connectivity index (χ1v) is 6.87. The number of pyridine rings is 1. The SMILES string of the molecule is CC(C)Oc1ncccc1NCC1(CC(N)=NO)CC1. The van der Waals surface area contributed by atoms with Crippen molar-refractivity contribution in [3.63, 3.8) is 0 Å². The Labute approximate surface area is 119 Å². The fourth-order valence-corrected chi connectivity index (χ4v) is 2.14. The normalized spacial score (nSPS) is 17.1. The number of amidine groups is 1. The topological polar surface area (TPSA) is 92.8 Å². The summed E-state index contributed by atoms with van der Waals surface area (Å²) in [5.74, 6) is 0.899. The van der Waals surface area contributed by atoms with E-state index < -0.39 is 0 Å². The maximum absolute atomic E-state index is 8.67. The van der Waals surface area contributed by atoms with Crippen molar-refractivity contribution in [2.75, 3.05) is 11.9 Å². The van der Waals surface area contributed by atoms with Gasteiger partial charge in [-0.25, -0.2) is 4.98 Å². The van der Waals surface area contributed by atoms with Crippen LogP contribution in [-0.4, -0.2) is 28.7 Å². The van der Waals surface area contributed by atoms with E-state index in [9.17, 15) is 0 Å². The molecule has 1 aliphatic rings. The van der Waals surface area contributed by atoms with E-state index in [1.165, 1.54) is 0 Å². The average molecular weight is 278 g/mol. The molecule has 0 bridgehead atoms. The lowest BCUT2D eigenvalue weighted by atomic mass is 10.0. The number of nitrogens with zero attached hydrogens (tertiary/aromatic N) is 2. The number of hydrogen-bond acceptors (Lipinski definition) is 5. The third kappa shape index (κ3) is 3.76. The zero-order chi connectivity index (χ0) is 14.6. The number of nitrogens with one attached hydrogen (secondary N) is 1. The largest absolute Gasteiger partial charge is 0.473 e. The van der Waals surface area contributed by atoms with Crippen LogP contribution in [0.4, 0.5) is 5.69 Å². The first-order valence-electron chi connectivity index (χ1n) is 6.87. The molecule has 1 aromatic rings. The van der Waals surface area contributed by atoms with Gasteiger partial charge in [-0.1, -0.05) is 5.16 Å². The second kappa shape index (κ2) is 5.98. The van der Waals surface area contributed by atoms with E-state index in [2.05, 4.69) is 15.5 Å². The smallest absolute Gasteiger partial charge is 0.237 e. The van der Waals surface area contributed by atoms with Gasteiger partial charge in [-0.3, -0.25) is 0 Å². The lowest BCUT2D eigenvalue weighted by molar-refractivity contribution is 0.234. The quantitative estimate of drug-likeness (QED) is 0.308. The molecule has 0 spiro atoms. The standard InChI is InChI=1S/C14H22N4O2/c1-10(2)20-13-11(4-3-7-16-13)17-9-14(5-6-14)8-12(15)18-19/h3-4,7,10,17,19H,5-6,8-9H2,1-2H3,(H2,15,18). The fraction of sp³-hybridized carbons (Fsp3) is 0.571. The van der Waals surface area contributed by atoms with Crippen LogP contribution in [0.2, 0.25) is 0 Å². The van der Waals surface area contributed by atoms with Crippen molar-refractivity contribution >= 4 is 11.5 Å². The first-order chi connectivity index (χ1) is 9.54. The Kier molecular flexibility index (Phi) is 4.32. The zero-order valence-corrected chi connectivity index (χ0v) is 12.0. The summed E-state index contributed by atoms with van der Waals surface area (Å²) in [6, 6.07) is 3.82. The molecule has 2 rings (SSSR count). The van der Waals surface area contributed by atoms with Gasteiger partial charge >= 0.3 is 0 Å². The van der Waals surface area contributed by atoms with Crippen LogP contribution in [0.15, 0.2) is 23.5 Å². The molecule has 0 atom stereocenters. The van der Waals surface area contributed by atoms with Gasteiger partial charge in [0.1, 0.15) is 5.84 Å². The highest BCUT2D eigenvalue weighted by Crippen LogP contribution is 2.48. The summed E-state index contributed by atoms with van der Waals surface area (Å²) in [6.45, 7) is 4.71. The van der Waals surface area contributed by atoms with Gasteiger partial charge in [0.25, 0.3) is 0 Å². The summed E-state index contributed by atoms with van der Waals surface area (Å²) in [5.41, 5.74) is 6.58. The molecule has 1 aromatic heterocycles. The molecular formula is C14H22N4O2. The molecule has 6 heteroatoms. The predicted molar refractivity (Wildman–Crippen MR) is 78.2 cm³/mol. The Morgan fingerprint density at radius 3 is 2.95 bits per heavy atom. The van der Waals surface area contributed by atoms with Gasteiger partial charge in [0.2, 0.25) is 5.88 Å². The van der Waals surface area contributed by atoms with Crippen molar-refractivity contribution in [1.82, 2.24) is 4.98 Å². The molecule has 1 aliphatic carbocycles. The van der Waals surface area contributed by atoms with Crippen LogP contribution in [0.1, 0.15) is 33.1 Å². The Balaban J connectivity index is 1.97. The maximum atomic E-state index is 8.67. The molecule has 0 aromatic carbocycles. The highest BCUT2D eigenvalue weighted by molar-refractivity contribution is 5.80. The molecule has 1 fully saturated rings. The van der Waals surface area contributed by atoms with E-state index in [4.69, 9.17) is 15.7 Å². The number of oxime groups is 1. The molecule has 0 amide bonds. The fourth-order valence-electron chi connectivity index (χ4n) is 2.14. The molecule has 0 radical (unpaired) electrons. The number of nitrogens with two attached hydrogens (primary N) is 1. The van der Waals surface area contributed by atoms with Crippen molar-refractivity contribution in [2.24, 2.45) is 16.3 Å². The molecule has 4 N–H and O–H groups in total. The minimum absolute atomic E-state index is 0.0810. The van der Waals surface area contributed by atoms with Crippen LogP contribution in [-0.2, 0) is 0 Å². The van der Waals surface area contributed by atoms with E-state index in [0.29, 0.717) is 12.3 Å². The summed E-state index contributed by atoms with van der Waals surface area (Å²) in [4.78, 5) is 4.24. The van der Waals surface area contributed by atoms with E-state index in [1.54, 1.807) is 6.20 Å².